The van der Waals surface area contributed by atoms with Crippen LogP contribution in [0.25, 0.3) is 0 Å². The van der Waals surface area contributed by atoms with Gasteiger partial charge in [-0.3, -0.25) is 9.59 Å². The third kappa shape index (κ3) is 3.69. The molecule has 2 aromatic carbocycles. The summed E-state index contributed by atoms with van der Waals surface area (Å²) >= 11 is 0. The van der Waals surface area contributed by atoms with Crippen LogP contribution < -0.4 is 20.7 Å². The zero-order valence-corrected chi connectivity index (χ0v) is 17.7. The molecule has 1 saturated heterocycles. The summed E-state index contributed by atoms with van der Waals surface area (Å²) in [6.45, 7) is 3.79. The number of rotatable bonds is 4. The van der Waals surface area contributed by atoms with Gasteiger partial charge in [-0.25, -0.2) is 4.39 Å². The number of hydrogen-bond donors (Lipinski definition) is 2. The molecule has 1 unspecified atom stereocenters. The van der Waals surface area contributed by atoms with E-state index in [1.807, 2.05) is 6.07 Å². The van der Waals surface area contributed by atoms with E-state index in [-0.39, 0.29) is 23.3 Å². The quantitative estimate of drug-likeness (QED) is 0.664. The SMILES string of the molecule is O=C(c1ccc[nH]c1=O)N(c1ccc(F)cc1)C1CCc2c1cccc2N1CCNCC1. The standard InChI is InChI=1S/C25H25FN4O2/c26-17-6-8-18(9-7-17)30(25(32)21-4-2-12-28-24(21)31)23-11-10-20-19(23)3-1-5-22(20)29-15-13-27-14-16-29/h1-9,12,23,27H,10-11,13-16H2,(H,28,31). The van der Waals surface area contributed by atoms with Gasteiger partial charge in [-0.1, -0.05) is 12.1 Å². The molecule has 1 aliphatic heterocycles. The maximum atomic E-state index is 13.6. The molecule has 32 heavy (non-hydrogen) atoms. The van der Waals surface area contributed by atoms with E-state index in [1.54, 1.807) is 23.1 Å². The van der Waals surface area contributed by atoms with Crippen LogP contribution in [0.1, 0.15) is 33.9 Å². The molecule has 3 aromatic rings. The molecule has 1 aromatic heterocycles. The van der Waals surface area contributed by atoms with Crippen molar-refractivity contribution in [2.45, 2.75) is 18.9 Å². The number of aromatic nitrogens is 1. The Morgan fingerprint density at radius 2 is 1.81 bits per heavy atom. The molecule has 0 spiro atoms. The number of pyridine rings is 1. The number of fused-ring (bicyclic) bond motifs is 1. The molecule has 1 fully saturated rings. The van der Waals surface area contributed by atoms with Crippen molar-refractivity contribution in [3.63, 3.8) is 0 Å². The maximum absolute atomic E-state index is 13.6. The van der Waals surface area contributed by atoms with Crippen molar-refractivity contribution in [2.75, 3.05) is 36.0 Å². The number of halogens is 1. The van der Waals surface area contributed by atoms with Gasteiger partial charge < -0.3 is 20.1 Å². The van der Waals surface area contributed by atoms with E-state index < -0.39 is 5.56 Å². The first-order valence-corrected chi connectivity index (χ1v) is 11.0. The number of carbonyl (C=O) groups excluding carboxylic acids is 1. The van der Waals surface area contributed by atoms with Crippen LogP contribution in [0.2, 0.25) is 0 Å². The van der Waals surface area contributed by atoms with Gasteiger partial charge in [0, 0.05) is 43.8 Å². The average molecular weight is 432 g/mol. The van der Waals surface area contributed by atoms with Crippen LogP contribution in [-0.2, 0) is 6.42 Å². The Balaban J connectivity index is 1.58. The van der Waals surface area contributed by atoms with Gasteiger partial charge in [0.25, 0.3) is 11.5 Å². The molecular formula is C25H25FN4O2. The van der Waals surface area contributed by atoms with Crippen molar-refractivity contribution in [1.29, 1.82) is 0 Å². The smallest absolute Gasteiger partial charge is 0.264 e. The fraction of sp³-hybridized carbons (Fsp3) is 0.280. The first-order chi connectivity index (χ1) is 15.6. The second-order valence-electron chi connectivity index (χ2n) is 8.20. The van der Waals surface area contributed by atoms with Gasteiger partial charge in [-0.2, -0.15) is 0 Å². The monoisotopic (exact) mass is 432 g/mol. The first kappa shape index (κ1) is 20.5. The van der Waals surface area contributed by atoms with Gasteiger partial charge in [-0.05, 0) is 66.4 Å². The zero-order chi connectivity index (χ0) is 22.1. The van der Waals surface area contributed by atoms with Crippen molar-refractivity contribution in [2.24, 2.45) is 0 Å². The molecule has 6 nitrogen and oxygen atoms in total. The van der Waals surface area contributed by atoms with E-state index in [4.69, 9.17) is 0 Å². The third-order valence-corrected chi connectivity index (χ3v) is 6.36. The Labute approximate surface area is 185 Å². The van der Waals surface area contributed by atoms with Gasteiger partial charge in [0.1, 0.15) is 11.4 Å². The topological polar surface area (TPSA) is 68.4 Å². The third-order valence-electron chi connectivity index (χ3n) is 6.36. The average Bonchev–Trinajstić information content (AvgIpc) is 3.25. The summed E-state index contributed by atoms with van der Waals surface area (Å²) in [6.07, 6.45) is 3.09. The number of carbonyl (C=O) groups is 1. The second-order valence-corrected chi connectivity index (χ2v) is 8.20. The predicted octanol–water partition coefficient (Wildman–Crippen LogP) is 3.26. The van der Waals surface area contributed by atoms with Gasteiger partial charge in [0.05, 0.1) is 6.04 Å². The van der Waals surface area contributed by atoms with E-state index >= 15 is 0 Å². The Kier molecular flexibility index (Phi) is 5.49. The highest BCUT2D eigenvalue weighted by atomic mass is 19.1. The summed E-state index contributed by atoms with van der Waals surface area (Å²) in [5, 5.41) is 3.39. The molecule has 1 atom stereocenters. The molecule has 164 valence electrons. The maximum Gasteiger partial charge on any atom is 0.264 e. The van der Waals surface area contributed by atoms with Crippen molar-refractivity contribution in [3.8, 4) is 0 Å². The van der Waals surface area contributed by atoms with Gasteiger partial charge in [0.2, 0.25) is 0 Å². The minimum absolute atomic E-state index is 0.0727. The second kappa shape index (κ2) is 8.59. The van der Waals surface area contributed by atoms with Crippen molar-refractivity contribution in [1.82, 2.24) is 10.3 Å². The molecule has 1 aliphatic carbocycles. The molecule has 2 heterocycles. The van der Waals surface area contributed by atoms with E-state index in [2.05, 4.69) is 27.3 Å². The molecule has 0 saturated carbocycles. The highest BCUT2D eigenvalue weighted by Crippen LogP contribution is 2.42. The van der Waals surface area contributed by atoms with Crippen LogP contribution in [0.3, 0.4) is 0 Å². The molecule has 7 heteroatoms. The highest BCUT2D eigenvalue weighted by molar-refractivity contribution is 6.06. The Bertz CT molecular complexity index is 1190. The van der Waals surface area contributed by atoms with Crippen LogP contribution in [0.4, 0.5) is 15.8 Å². The predicted molar refractivity (Wildman–Crippen MR) is 123 cm³/mol. The van der Waals surface area contributed by atoms with Gasteiger partial charge in [-0.15, -0.1) is 0 Å². The number of amides is 1. The number of nitrogens with one attached hydrogen (secondary N) is 2. The Hall–Kier alpha value is -3.45. The number of anilines is 2. The fourth-order valence-corrected chi connectivity index (χ4v) is 4.84. The van der Waals surface area contributed by atoms with Crippen LogP contribution in [0.5, 0.6) is 0 Å². The first-order valence-electron chi connectivity index (χ1n) is 11.0. The summed E-state index contributed by atoms with van der Waals surface area (Å²) in [5.74, 6) is -0.754. The number of aromatic amines is 1. The summed E-state index contributed by atoms with van der Waals surface area (Å²) < 4.78 is 13.6. The van der Waals surface area contributed by atoms with Crippen molar-refractivity contribution in [3.05, 3.63) is 93.7 Å². The van der Waals surface area contributed by atoms with Gasteiger partial charge >= 0.3 is 0 Å². The largest absolute Gasteiger partial charge is 0.369 e. The molecule has 5 rings (SSSR count). The van der Waals surface area contributed by atoms with E-state index in [0.29, 0.717) is 5.69 Å². The number of H-pyrrole nitrogens is 1. The van der Waals surface area contributed by atoms with Gasteiger partial charge in [0.15, 0.2) is 0 Å². The lowest BCUT2D eigenvalue weighted by molar-refractivity contribution is 0.0974. The number of piperazine rings is 1. The van der Waals surface area contributed by atoms with E-state index in [0.717, 1.165) is 44.6 Å². The lowest BCUT2D eigenvalue weighted by Gasteiger charge is -2.32. The Morgan fingerprint density at radius 1 is 1.03 bits per heavy atom. The molecule has 2 N–H and O–H groups in total. The lowest BCUT2D eigenvalue weighted by Crippen LogP contribution is -2.43. The molecule has 0 bridgehead atoms. The number of benzene rings is 2. The van der Waals surface area contributed by atoms with Crippen LogP contribution in [-0.4, -0.2) is 37.1 Å². The van der Waals surface area contributed by atoms with E-state index in [9.17, 15) is 14.0 Å². The lowest BCUT2D eigenvalue weighted by atomic mass is 10.0. The molecule has 2 aliphatic rings. The van der Waals surface area contributed by atoms with Crippen molar-refractivity contribution >= 4 is 17.3 Å². The number of hydrogen-bond acceptors (Lipinski definition) is 4. The summed E-state index contributed by atoms with van der Waals surface area (Å²) in [6, 6.07) is 15.1. The summed E-state index contributed by atoms with van der Waals surface area (Å²) in [7, 11) is 0. The fourth-order valence-electron chi connectivity index (χ4n) is 4.84. The van der Waals surface area contributed by atoms with E-state index in [1.165, 1.54) is 35.6 Å². The normalized spacial score (nSPS) is 17.8. The zero-order valence-electron chi connectivity index (χ0n) is 17.7. The molecular weight excluding hydrogens is 407 g/mol. The van der Waals surface area contributed by atoms with Crippen molar-refractivity contribution < 1.29 is 9.18 Å². The molecule has 1 amide bonds. The highest BCUT2D eigenvalue weighted by Gasteiger charge is 2.35. The van der Waals surface area contributed by atoms with Crippen LogP contribution in [0, 0.1) is 5.82 Å². The molecule has 0 radical (unpaired) electrons. The Morgan fingerprint density at radius 3 is 2.56 bits per heavy atom. The summed E-state index contributed by atoms with van der Waals surface area (Å²) in [5.41, 5.74) is 3.77. The number of nitrogens with zero attached hydrogens (tertiary/aromatic N) is 2. The minimum atomic E-state index is -0.433. The van der Waals surface area contributed by atoms with Crippen LogP contribution >= 0.6 is 0 Å². The minimum Gasteiger partial charge on any atom is -0.369 e. The summed E-state index contributed by atoms with van der Waals surface area (Å²) in [4.78, 5) is 32.6. The van der Waals surface area contributed by atoms with Crippen LogP contribution in [0.15, 0.2) is 65.6 Å².